The Kier molecular flexibility index (Phi) is 3.46. The minimum atomic E-state index is -0.913. The number of carboxylic acids is 1. The van der Waals surface area contributed by atoms with E-state index in [1.807, 2.05) is 42.6 Å². The lowest BCUT2D eigenvalue weighted by atomic mass is 10.1. The number of carboxylic acid groups (broad SMARTS) is 1. The summed E-state index contributed by atoms with van der Waals surface area (Å²) in [7, 11) is 0. The van der Waals surface area contributed by atoms with Crippen molar-refractivity contribution in [2.24, 2.45) is 0 Å². The van der Waals surface area contributed by atoms with Crippen molar-refractivity contribution in [3.8, 4) is 0 Å². The summed E-state index contributed by atoms with van der Waals surface area (Å²) in [5.41, 5.74) is 3.33. The SMILES string of the molecule is O=C(O)c1ccc(Cn2ccc3cc(CO)ccc32)cc1. The van der Waals surface area contributed by atoms with Crippen LogP contribution in [0.1, 0.15) is 21.5 Å². The van der Waals surface area contributed by atoms with Gasteiger partial charge in [-0.25, -0.2) is 4.79 Å². The molecule has 2 N–H and O–H groups in total. The first-order valence-electron chi connectivity index (χ1n) is 6.68. The third kappa shape index (κ3) is 2.66. The normalized spacial score (nSPS) is 10.9. The van der Waals surface area contributed by atoms with Crippen molar-refractivity contribution in [3.63, 3.8) is 0 Å². The molecule has 0 fully saturated rings. The second-order valence-electron chi connectivity index (χ2n) is 5.00. The molecule has 3 rings (SSSR count). The van der Waals surface area contributed by atoms with Crippen LogP contribution in [0.5, 0.6) is 0 Å². The molecule has 0 aliphatic carbocycles. The van der Waals surface area contributed by atoms with Crippen molar-refractivity contribution >= 4 is 16.9 Å². The highest BCUT2D eigenvalue weighted by Crippen LogP contribution is 2.19. The van der Waals surface area contributed by atoms with E-state index in [0.717, 1.165) is 22.0 Å². The van der Waals surface area contributed by atoms with Gasteiger partial charge >= 0.3 is 5.97 Å². The van der Waals surface area contributed by atoms with Gasteiger partial charge in [-0.05, 0) is 46.8 Å². The van der Waals surface area contributed by atoms with E-state index in [4.69, 9.17) is 10.2 Å². The minimum Gasteiger partial charge on any atom is -0.478 e. The monoisotopic (exact) mass is 281 g/mol. The van der Waals surface area contributed by atoms with Gasteiger partial charge in [0.1, 0.15) is 0 Å². The van der Waals surface area contributed by atoms with Gasteiger partial charge in [-0.2, -0.15) is 0 Å². The van der Waals surface area contributed by atoms with E-state index in [-0.39, 0.29) is 6.61 Å². The smallest absolute Gasteiger partial charge is 0.335 e. The fourth-order valence-electron chi connectivity index (χ4n) is 2.44. The summed E-state index contributed by atoms with van der Waals surface area (Å²) in [5.74, 6) is -0.913. The number of rotatable bonds is 4. The van der Waals surface area contributed by atoms with Crippen LogP contribution in [-0.2, 0) is 13.2 Å². The predicted molar refractivity (Wildman–Crippen MR) is 80.4 cm³/mol. The number of aromatic nitrogens is 1. The Morgan fingerprint density at radius 1 is 1.00 bits per heavy atom. The number of hydrogen-bond acceptors (Lipinski definition) is 2. The Morgan fingerprint density at radius 2 is 1.71 bits per heavy atom. The van der Waals surface area contributed by atoms with Gasteiger partial charge in [0.15, 0.2) is 0 Å². The number of hydrogen-bond donors (Lipinski definition) is 2. The van der Waals surface area contributed by atoms with Crippen LogP contribution >= 0.6 is 0 Å². The summed E-state index contributed by atoms with van der Waals surface area (Å²) in [6.07, 6.45) is 2.00. The van der Waals surface area contributed by atoms with Crippen LogP contribution in [0.15, 0.2) is 54.7 Å². The Morgan fingerprint density at radius 3 is 2.38 bits per heavy atom. The highest BCUT2D eigenvalue weighted by molar-refractivity contribution is 5.87. The Labute approximate surface area is 121 Å². The van der Waals surface area contributed by atoms with Gasteiger partial charge < -0.3 is 14.8 Å². The molecule has 0 aliphatic rings. The van der Waals surface area contributed by atoms with Gasteiger partial charge in [0.2, 0.25) is 0 Å². The van der Waals surface area contributed by atoms with Crippen LogP contribution in [0.2, 0.25) is 0 Å². The zero-order chi connectivity index (χ0) is 14.8. The molecule has 106 valence electrons. The number of benzene rings is 2. The number of fused-ring (bicyclic) bond motifs is 1. The number of aliphatic hydroxyl groups excluding tert-OH is 1. The molecule has 21 heavy (non-hydrogen) atoms. The summed E-state index contributed by atoms with van der Waals surface area (Å²) in [6, 6.07) is 14.8. The van der Waals surface area contributed by atoms with Crippen LogP contribution < -0.4 is 0 Å². The van der Waals surface area contributed by atoms with Gasteiger partial charge in [0.05, 0.1) is 12.2 Å². The molecule has 1 heterocycles. The average molecular weight is 281 g/mol. The first kappa shape index (κ1) is 13.4. The lowest BCUT2D eigenvalue weighted by Gasteiger charge is -2.07. The molecule has 0 unspecified atom stereocenters. The number of nitrogens with zero attached hydrogens (tertiary/aromatic N) is 1. The number of aromatic carboxylic acids is 1. The van der Waals surface area contributed by atoms with E-state index in [1.165, 1.54) is 0 Å². The first-order valence-corrected chi connectivity index (χ1v) is 6.68. The van der Waals surface area contributed by atoms with Crippen LogP contribution in [0.25, 0.3) is 10.9 Å². The average Bonchev–Trinajstić information content (AvgIpc) is 2.90. The maximum Gasteiger partial charge on any atom is 0.335 e. The second kappa shape index (κ2) is 5.42. The largest absolute Gasteiger partial charge is 0.478 e. The van der Waals surface area contributed by atoms with Gasteiger partial charge in [-0.1, -0.05) is 18.2 Å². The highest BCUT2D eigenvalue weighted by Gasteiger charge is 2.05. The van der Waals surface area contributed by atoms with Crippen molar-refractivity contribution in [2.75, 3.05) is 0 Å². The summed E-state index contributed by atoms with van der Waals surface area (Å²) in [4.78, 5) is 10.8. The van der Waals surface area contributed by atoms with Crippen molar-refractivity contribution in [2.45, 2.75) is 13.2 Å². The molecule has 2 aromatic carbocycles. The fourth-order valence-corrected chi connectivity index (χ4v) is 2.44. The maximum absolute atomic E-state index is 10.8. The van der Waals surface area contributed by atoms with E-state index in [9.17, 15) is 4.79 Å². The summed E-state index contributed by atoms with van der Waals surface area (Å²) < 4.78 is 2.10. The molecular weight excluding hydrogens is 266 g/mol. The fraction of sp³-hybridized carbons (Fsp3) is 0.118. The van der Waals surface area contributed by atoms with Crippen LogP contribution in [-0.4, -0.2) is 20.7 Å². The molecule has 0 saturated carbocycles. The van der Waals surface area contributed by atoms with Crippen molar-refractivity contribution in [1.82, 2.24) is 4.57 Å². The molecule has 4 heteroatoms. The third-order valence-electron chi connectivity index (χ3n) is 3.57. The topological polar surface area (TPSA) is 62.5 Å². The Bertz CT molecular complexity index is 787. The molecule has 0 bridgehead atoms. The number of aliphatic hydroxyl groups is 1. The van der Waals surface area contributed by atoms with Gasteiger partial charge in [0, 0.05) is 18.3 Å². The maximum atomic E-state index is 10.8. The van der Waals surface area contributed by atoms with Crippen LogP contribution in [0, 0.1) is 0 Å². The summed E-state index contributed by atoms with van der Waals surface area (Å²) in [6.45, 7) is 0.722. The molecule has 3 aromatic rings. The molecule has 1 aromatic heterocycles. The van der Waals surface area contributed by atoms with E-state index < -0.39 is 5.97 Å². The number of carbonyl (C=O) groups is 1. The molecule has 0 amide bonds. The van der Waals surface area contributed by atoms with Gasteiger partial charge in [-0.15, -0.1) is 0 Å². The summed E-state index contributed by atoms with van der Waals surface area (Å²) >= 11 is 0. The molecule has 4 nitrogen and oxygen atoms in total. The van der Waals surface area contributed by atoms with Gasteiger partial charge in [0.25, 0.3) is 0 Å². The van der Waals surface area contributed by atoms with Gasteiger partial charge in [-0.3, -0.25) is 0 Å². The minimum absolute atomic E-state index is 0.0395. The lowest BCUT2D eigenvalue weighted by Crippen LogP contribution is -2.00. The first-order chi connectivity index (χ1) is 10.2. The van der Waals surface area contributed by atoms with E-state index in [2.05, 4.69) is 4.57 Å². The van der Waals surface area contributed by atoms with Crippen molar-refractivity contribution in [3.05, 3.63) is 71.4 Å². The van der Waals surface area contributed by atoms with Crippen LogP contribution in [0.3, 0.4) is 0 Å². The lowest BCUT2D eigenvalue weighted by molar-refractivity contribution is 0.0697. The third-order valence-corrected chi connectivity index (χ3v) is 3.57. The van der Waals surface area contributed by atoms with E-state index in [1.54, 1.807) is 12.1 Å². The predicted octanol–water partition coefficient (Wildman–Crippen LogP) is 2.88. The molecule has 0 saturated heterocycles. The molecule has 0 aliphatic heterocycles. The van der Waals surface area contributed by atoms with E-state index in [0.29, 0.717) is 12.1 Å². The molecular formula is C17H15NO3. The highest BCUT2D eigenvalue weighted by atomic mass is 16.4. The second-order valence-corrected chi connectivity index (χ2v) is 5.00. The van der Waals surface area contributed by atoms with Crippen LogP contribution in [0.4, 0.5) is 0 Å². The molecule has 0 atom stereocenters. The Hall–Kier alpha value is -2.59. The standard InChI is InChI=1S/C17H15NO3/c19-11-13-3-6-16-15(9-13)7-8-18(16)10-12-1-4-14(5-2-12)17(20)21/h1-9,19H,10-11H2,(H,20,21). The molecule has 0 spiro atoms. The molecule has 0 radical (unpaired) electrons. The zero-order valence-electron chi connectivity index (χ0n) is 11.4. The zero-order valence-corrected chi connectivity index (χ0v) is 11.4. The summed E-state index contributed by atoms with van der Waals surface area (Å²) in [5, 5.41) is 19.1. The van der Waals surface area contributed by atoms with E-state index >= 15 is 0 Å². The Balaban J connectivity index is 1.89. The van der Waals surface area contributed by atoms with Crippen molar-refractivity contribution < 1.29 is 15.0 Å². The van der Waals surface area contributed by atoms with Crippen molar-refractivity contribution in [1.29, 1.82) is 0 Å². The quantitative estimate of drug-likeness (QED) is 0.773.